The molecule has 0 spiro atoms. The molecule has 0 radical (unpaired) electrons. The van der Waals surface area contributed by atoms with Gasteiger partial charge in [0, 0.05) is 44.6 Å². The minimum atomic E-state index is -0.108. The summed E-state index contributed by atoms with van der Waals surface area (Å²) in [4.78, 5) is 34.1. The Hall–Kier alpha value is -3.20. The number of piperidine rings is 1. The first-order chi connectivity index (χ1) is 16.2. The Labute approximate surface area is 194 Å². The van der Waals surface area contributed by atoms with Crippen LogP contribution in [0.3, 0.4) is 0 Å². The van der Waals surface area contributed by atoms with E-state index < -0.39 is 0 Å². The molecule has 2 N–H and O–H groups in total. The third kappa shape index (κ3) is 5.24. The summed E-state index contributed by atoms with van der Waals surface area (Å²) in [6, 6.07) is 5.79. The number of nitrogens with one attached hydrogen (secondary N) is 2. The summed E-state index contributed by atoms with van der Waals surface area (Å²) in [5.74, 6) is 1.67. The first-order valence-electron chi connectivity index (χ1n) is 11.8. The summed E-state index contributed by atoms with van der Waals surface area (Å²) in [5, 5.41) is 3.12. The monoisotopic (exact) mass is 451 g/mol. The van der Waals surface area contributed by atoms with Crippen molar-refractivity contribution in [2.45, 2.75) is 39.7 Å². The van der Waals surface area contributed by atoms with E-state index in [9.17, 15) is 4.79 Å². The van der Waals surface area contributed by atoms with E-state index in [1.165, 1.54) is 0 Å². The van der Waals surface area contributed by atoms with E-state index in [-0.39, 0.29) is 11.9 Å². The van der Waals surface area contributed by atoms with Gasteiger partial charge in [0.15, 0.2) is 5.82 Å². The van der Waals surface area contributed by atoms with Gasteiger partial charge in [-0.3, -0.25) is 9.78 Å². The van der Waals surface area contributed by atoms with Crippen molar-refractivity contribution in [2.75, 3.05) is 49.2 Å². The Morgan fingerprint density at radius 2 is 1.82 bits per heavy atom. The Morgan fingerprint density at radius 3 is 2.52 bits per heavy atom. The zero-order valence-corrected chi connectivity index (χ0v) is 19.7. The summed E-state index contributed by atoms with van der Waals surface area (Å²) in [7, 11) is 0. The van der Waals surface area contributed by atoms with Crippen molar-refractivity contribution in [1.82, 2.24) is 25.3 Å². The predicted octanol–water partition coefficient (Wildman–Crippen LogP) is 2.92. The van der Waals surface area contributed by atoms with Gasteiger partial charge in [0.2, 0.25) is 5.95 Å². The van der Waals surface area contributed by atoms with Crippen LogP contribution in [0, 0.1) is 6.92 Å². The van der Waals surface area contributed by atoms with Crippen LogP contribution in [0.4, 0.5) is 11.8 Å². The number of morpholine rings is 1. The number of aromatic amines is 1. The molecule has 176 valence electrons. The number of fused-ring (bicyclic) bond motifs is 1. The number of anilines is 2. The van der Waals surface area contributed by atoms with Crippen LogP contribution in [0.2, 0.25) is 0 Å². The van der Waals surface area contributed by atoms with E-state index in [1.54, 1.807) is 12.3 Å². The van der Waals surface area contributed by atoms with Crippen LogP contribution in [0.25, 0.3) is 11.0 Å². The zero-order valence-electron chi connectivity index (χ0n) is 19.7. The van der Waals surface area contributed by atoms with Gasteiger partial charge in [0.25, 0.3) is 5.91 Å². The summed E-state index contributed by atoms with van der Waals surface area (Å²) >= 11 is 0. The van der Waals surface area contributed by atoms with Crippen LogP contribution >= 0.6 is 0 Å². The number of carbonyl (C=O) groups excluding carboxylic acids is 1. The van der Waals surface area contributed by atoms with Crippen molar-refractivity contribution in [3.05, 3.63) is 41.9 Å². The maximum absolute atomic E-state index is 12.5. The summed E-state index contributed by atoms with van der Waals surface area (Å²) in [6.07, 6.45) is 5.28. The first-order valence-corrected chi connectivity index (χ1v) is 11.8. The number of hydrogen-bond acceptors (Lipinski definition) is 7. The fourth-order valence-corrected chi connectivity index (χ4v) is 4.16. The van der Waals surface area contributed by atoms with Crippen molar-refractivity contribution in [1.29, 1.82) is 0 Å². The molecule has 0 saturated carbocycles. The number of amides is 1. The van der Waals surface area contributed by atoms with Crippen molar-refractivity contribution in [3.8, 4) is 0 Å². The second kappa shape index (κ2) is 10.6. The number of nitrogens with zero attached hydrogens (tertiary/aromatic N) is 5. The molecule has 2 saturated heterocycles. The lowest BCUT2D eigenvalue weighted by Crippen LogP contribution is -2.45. The Bertz CT molecular complexity index is 1050. The minimum Gasteiger partial charge on any atom is -0.378 e. The number of imidazole rings is 1. The number of aromatic nitrogens is 4. The number of hydrogen-bond donors (Lipinski definition) is 2. The van der Waals surface area contributed by atoms with E-state index in [2.05, 4.69) is 30.1 Å². The van der Waals surface area contributed by atoms with E-state index in [4.69, 9.17) is 9.72 Å². The zero-order chi connectivity index (χ0) is 23.2. The number of pyridine rings is 2. The molecule has 5 heterocycles. The summed E-state index contributed by atoms with van der Waals surface area (Å²) in [5.41, 5.74) is 3.41. The molecule has 5 rings (SSSR count). The molecular weight excluding hydrogens is 418 g/mol. The van der Waals surface area contributed by atoms with Crippen LogP contribution in [-0.4, -0.2) is 71.3 Å². The molecule has 9 nitrogen and oxygen atoms in total. The van der Waals surface area contributed by atoms with Crippen molar-refractivity contribution < 1.29 is 9.53 Å². The molecule has 33 heavy (non-hydrogen) atoms. The van der Waals surface area contributed by atoms with Crippen LogP contribution in [0.5, 0.6) is 0 Å². The van der Waals surface area contributed by atoms with Crippen LogP contribution < -0.4 is 15.1 Å². The molecule has 2 aliphatic rings. The number of carbonyl (C=O) groups is 1. The molecule has 0 atom stereocenters. The average molecular weight is 452 g/mol. The predicted molar refractivity (Wildman–Crippen MR) is 130 cm³/mol. The van der Waals surface area contributed by atoms with Gasteiger partial charge in [-0.15, -0.1) is 0 Å². The largest absolute Gasteiger partial charge is 0.378 e. The Kier molecular flexibility index (Phi) is 7.39. The smallest absolute Gasteiger partial charge is 0.270 e. The summed E-state index contributed by atoms with van der Waals surface area (Å²) < 4.78 is 5.46. The molecule has 1 amide bonds. The van der Waals surface area contributed by atoms with Gasteiger partial charge in [-0.25, -0.2) is 9.97 Å². The second-order valence-electron chi connectivity index (χ2n) is 8.15. The fourth-order valence-electron chi connectivity index (χ4n) is 4.16. The lowest BCUT2D eigenvalue weighted by molar-refractivity contribution is 0.0926. The molecule has 0 aliphatic carbocycles. The SMILES string of the molecule is CC.Cc1ccc(C(=O)NC2CCN(c3nc4c(N5CCOCC5)nccc4[nH]3)CC2)nc1. The van der Waals surface area contributed by atoms with E-state index >= 15 is 0 Å². The Morgan fingerprint density at radius 1 is 1.06 bits per heavy atom. The van der Waals surface area contributed by atoms with Crippen molar-refractivity contribution in [2.24, 2.45) is 0 Å². The lowest BCUT2D eigenvalue weighted by Gasteiger charge is -2.32. The highest BCUT2D eigenvalue weighted by molar-refractivity contribution is 5.92. The highest BCUT2D eigenvalue weighted by atomic mass is 16.5. The van der Waals surface area contributed by atoms with Crippen LogP contribution in [-0.2, 0) is 4.74 Å². The maximum Gasteiger partial charge on any atom is 0.270 e. The van der Waals surface area contributed by atoms with Gasteiger partial charge >= 0.3 is 0 Å². The highest BCUT2D eigenvalue weighted by Gasteiger charge is 2.24. The number of aryl methyl sites for hydroxylation is 1. The normalized spacial score (nSPS) is 16.9. The summed E-state index contributed by atoms with van der Waals surface area (Å²) in [6.45, 7) is 10.7. The second-order valence-corrected chi connectivity index (χ2v) is 8.15. The number of ether oxygens (including phenoxy) is 1. The molecule has 2 fully saturated rings. The van der Waals surface area contributed by atoms with Crippen LogP contribution in [0.15, 0.2) is 30.6 Å². The molecule has 2 aliphatic heterocycles. The Balaban J connectivity index is 0.00000126. The molecule has 3 aromatic heterocycles. The fraction of sp³-hybridized carbons (Fsp3) is 0.500. The maximum atomic E-state index is 12.5. The van der Waals surface area contributed by atoms with Gasteiger partial charge in [-0.1, -0.05) is 19.9 Å². The highest BCUT2D eigenvalue weighted by Crippen LogP contribution is 2.27. The third-order valence-corrected chi connectivity index (χ3v) is 5.95. The van der Waals surface area contributed by atoms with Crippen molar-refractivity contribution >= 4 is 28.7 Å². The molecule has 0 unspecified atom stereocenters. The van der Waals surface area contributed by atoms with Crippen molar-refractivity contribution in [3.63, 3.8) is 0 Å². The van der Waals surface area contributed by atoms with Gasteiger partial charge in [0.1, 0.15) is 11.2 Å². The average Bonchev–Trinajstić information content (AvgIpc) is 3.31. The quantitative estimate of drug-likeness (QED) is 0.629. The topological polar surface area (TPSA) is 99.3 Å². The van der Waals surface area contributed by atoms with Gasteiger partial charge < -0.3 is 24.8 Å². The molecule has 0 aromatic carbocycles. The number of rotatable bonds is 4. The molecular formula is C24H33N7O2. The van der Waals surface area contributed by atoms with E-state index in [1.807, 2.05) is 39.1 Å². The lowest BCUT2D eigenvalue weighted by atomic mass is 10.1. The third-order valence-electron chi connectivity index (χ3n) is 5.95. The number of H-pyrrole nitrogens is 1. The van der Waals surface area contributed by atoms with Crippen LogP contribution in [0.1, 0.15) is 42.7 Å². The molecule has 3 aromatic rings. The molecule has 0 bridgehead atoms. The van der Waals surface area contributed by atoms with E-state index in [0.717, 1.165) is 67.4 Å². The minimum absolute atomic E-state index is 0.108. The van der Waals surface area contributed by atoms with E-state index in [0.29, 0.717) is 18.9 Å². The first kappa shape index (κ1) is 23.0. The van der Waals surface area contributed by atoms with Gasteiger partial charge in [-0.2, -0.15) is 0 Å². The standard InChI is InChI=1S/C22H27N7O2.C2H6/c1-15-2-3-18(24-14-15)21(30)25-16-5-8-29(9-6-16)22-26-17-4-7-23-20(19(17)27-22)28-10-12-31-13-11-28;1-2/h2-4,7,14,16H,5-6,8-13H2,1H3,(H,25,30)(H,26,27);1-2H3. The van der Waals surface area contributed by atoms with Gasteiger partial charge in [-0.05, 0) is 37.5 Å². The van der Waals surface area contributed by atoms with Gasteiger partial charge in [0.05, 0.1) is 18.7 Å². The molecule has 9 heteroatoms.